The van der Waals surface area contributed by atoms with Crippen LogP contribution in [0.2, 0.25) is 0 Å². The number of aliphatic imine (C=N–C) groups is 1. The van der Waals surface area contributed by atoms with Gasteiger partial charge in [0.15, 0.2) is 5.96 Å². The second kappa shape index (κ2) is 7.20. The van der Waals surface area contributed by atoms with Crippen LogP contribution in [0.4, 0.5) is 0 Å². The van der Waals surface area contributed by atoms with Gasteiger partial charge in [0.05, 0.1) is 6.61 Å². The van der Waals surface area contributed by atoms with Gasteiger partial charge in [-0.3, -0.25) is 4.99 Å². The number of guanidine groups is 1. The Kier molecular flexibility index (Phi) is 5.39. The lowest BCUT2D eigenvalue weighted by molar-refractivity contribution is 0.156. The summed E-state index contributed by atoms with van der Waals surface area (Å²) in [6, 6.07) is 10.9. The average Bonchev–Trinajstić information content (AvgIpc) is 3.07. The van der Waals surface area contributed by atoms with E-state index in [9.17, 15) is 0 Å². The molecule has 5 heteroatoms. The molecule has 4 nitrogen and oxygen atoms in total. The third-order valence-corrected chi connectivity index (χ3v) is 5.96. The molecule has 2 heterocycles. The van der Waals surface area contributed by atoms with Crippen LogP contribution in [0.25, 0.3) is 0 Å². The van der Waals surface area contributed by atoms with Crippen LogP contribution in [0, 0.1) is 5.41 Å². The second-order valence-corrected chi connectivity index (χ2v) is 7.52. The van der Waals surface area contributed by atoms with Crippen molar-refractivity contribution < 1.29 is 4.74 Å². The van der Waals surface area contributed by atoms with Crippen molar-refractivity contribution in [3.63, 3.8) is 0 Å². The van der Waals surface area contributed by atoms with E-state index < -0.39 is 0 Å². The van der Waals surface area contributed by atoms with Gasteiger partial charge in [-0.05, 0) is 31.2 Å². The third kappa shape index (κ3) is 3.43. The van der Waals surface area contributed by atoms with Gasteiger partial charge < -0.3 is 15.0 Å². The summed E-state index contributed by atoms with van der Waals surface area (Å²) in [4.78, 5) is 6.97. The molecule has 132 valence electrons. The fraction of sp³-hybridized carbons (Fsp3) is 0.632. The van der Waals surface area contributed by atoms with Crippen molar-refractivity contribution in [3.8, 4) is 0 Å². The molecule has 3 aliphatic rings. The Morgan fingerprint density at radius 1 is 1.21 bits per heavy atom. The Hall–Kier alpha value is -0.820. The van der Waals surface area contributed by atoms with Gasteiger partial charge in [-0.25, -0.2) is 0 Å². The first-order valence-electron chi connectivity index (χ1n) is 8.84. The molecule has 24 heavy (non-hydrogen) atoms. The number of nitrogens with zero attached hydrogens (tertiary/aromatic N) is 2. The van der Waals surface area contributed by atoms with Crippen LogP contribution < -0.4 is 5.32 Å². The number of halogens is 1. The monoisotopic (exact) mass is 441 g/mol. The molecule has 0 bridgehead atoms. The van der Waals surface area contributed by atoms with Crippen LogP contribution in [-0.2, 0) is 10.2 Å². The number of rotatable bonds is 3. The van der Waals surface area contributed by atoms with Crippen molar-refractivity contribution in [2.24, 2.45) is 10.4 Å². The summed E-state index contributed by atoms with van der Waals surface area (Å²) in [5.41, 5.74) is 2.17. The maximum atomic E-state index is 5.64. The van der Waals surface area contributed by atoms with Gasteiger partial charge in [-0.15, -0.1) is 24.0 Å². The number of hydrogen-bond donors (Lipinski definition) is 1. The summed E-state index contributed by atoms with van der Waals surface area (Å²) in [6.45, 7) is 5.03. The lowest BCUT2D eigenvalue weighted by Gasteiger charge is -2.26. The van der Waals surface area contributed by atoms with Crippen LogP contribution in [0.5, 0.6) is 0 Å². The van der Waals surface area contributed by atoms with Crippen molar-refractivity contribution in [1.82, 2.24) is 10.2 Å². The number of benzene rings is 1. The summed E-state index contributed by atoms with van der Waals surface area (Å²) < 4.78 is 5.64. The first kappa shape index (κ1) is 18.0. The topological polar surface area (TPSA) is 36.9 Å². The molecule has 1 unspecified atom stereocenters. The highest BCUT2D eigenvalue weighted by Gasteiger charge is 2.45. The first-order chi connectivity index (χ1) is 11.3. The minimum Gasteiger partial charge on any atom is -0.381 e. The molecule has 1 spiro atoms. The molecule has 0 aromatic heterocycles. The predicted octanol–water partition coefficient (Wildman–Crippen LogP) is 3.02. The SMILES string of the molecule is CN=C(NCC1(c2ccccc2)CC1)N1CCC2(CCOC2)C1.I. The maximum Gasteiger partial charge on any atom is 0.193 e. The zero-order chi connectivity index (χ0) is 15.8. The van der Waals surface area contributed by atoms with E-state index >= 15 is 0 Å². The summed E-state index contributed by atoms with van der Waals surface area (Å²) in [7, 11) is 1.90. The fourth-order valence-electron chi connectivity index (χ4n) is 4.18. The van der Waals surface area contributed by atoms with E-state index in [-0.39, 0.29) is 24.0 Å². The van der Waals surface area contributed by atoms with Gasteiger partial charge in [-0.2, -0.15) is 0 Å². The second-order valence-electron chi connectivity index (χ2n) is 7.52. The number of hydrogen-bond acceptors (Lipinski definition) is 2. The minimum absolute atomic E-state index is 0. The summed E-state index contributed by atoms with van der Waals surface area (Å²) in [5, 5.41) is 3.65. The van der Waals surface area contributed by atoms with Gasteiger partial charge in [0, 0.05) is 44.1 Å². The lowest BCUT2D eigenvalue weighted by Crippen LogP contribution is -2.44. The van der Waals surface area contributed by atoms with E-state index in [4.69, 9.17) is 4.74 Å². The van der Waals surface area contributed by atoms with Crippen LogP contribution in [0.1, 0.15) is 31.2 Å². The first-order valence-corrected chi connectivity index (χ1v) is 8.84. The van der Waals surface area contributed by atoms with Crippen molar-refractivity contribution in [2.75, 3.05) is 39.9 Å². The van der Waals surface area contributed by atoms with Crippen LogP contribution in [0.15, 0.2) is 35.3 Å². The highest BCUT2D eigenvalue weighted by molar-refractivity contribution is 14.0. The molecule has 1 aromatic carbocycles. The number of nitrogens with one attached hydrogen (secondary N) is 1. The molecule has 1 aliphatic carbocycles. The molecular weight excluding hydrogens is 413 g/mol. The Morgan fingerprint density at radius 2 is 2.00 bits per heavy atom. The van der Waals surface area contributed by atoms with Crippen LogP contribution in [0.3, 0.4) is 0 Å². The van der Waals surface area contributed by atoms with E-state index in [1.54, 1.807) is 0 Å². The Labute approximate surface area is 162 Å². The number of ether oxygens (including phenoxy) is 1. The predicted molar refractivity (Wildman–Crippen MR) is 108 cm³/mol. The molecule has 3 fully saturated rings. The van der Waals surface area contributed by atoms with Crippen molar-refractivity contribution in [2.45, 2.75) is 31.1 Å². The highest BCUT2D eigenvalue weighted by Crippen LogP contribution is 2.47. The fourth-order valence-corrected chi connectivity index (χ4v) is 4.18. The Morgan fingerprint density at radius 3 is 2.62 bits per heavy atom. The Balaban J connectivity index is 0.00000169. The molecule has 1 N–H and O–H groups in total. The molecular formula is C19H28IN3O. The van der Waals surface area contributed by atoms with Gasteiger partial charge in [0.25, 0.3) is 0 Å². The van der Waals surface area contributed by atoms with Crippen molar-refractivity contribution in [3.05, 3.63) is 35.9 Å². The lowest BCUT2D eigenvalue weighted by atomic mass is 9.87. The van der Waals surface area contributed by atoms with E-state index in [1.807, 2.05) is 7.05 Å². The smallest absolute Gasteiger partial charge is 0.193 e. The zero-order valence-electron chi connectivity index (χ0n) is 14.5. The highest BCUT2D eigenvalue weighted by atomic mass is 127. The molecule has 4 rings (SSSR count). The summed E-state index contributed by atoms with van der Waals surface area (Å²) >= 11 is 0. The van der Waals surface area contributed by atoms with Crippen LogP contribution >= 0.6 is 24.0 Å². The zero-order valence-corrected chi connectivity index (χ0v) is 16.8. The minimum atomic E-state index is 0. The number of likely N-dealkylation sites (tertiary alicyclic amines) is 1. The summed E-state index contributed by atoms with van der Waals surface area (Å²) in [5.74, 6) is 1.07. The van der Waals surface area contributed by atoms with E-state index in [1.165, 1.54) is 31.2 Å². The molecule has 0 radical (unpaired) electrons. The van der Waals surface area contributed by atoms with E-state index in [0.717, 1.165) is 38.8 Å². The van der Waals surface area contributed by atoms with Crippen LogP contribution in [-0.4, -0.2) is 50.8 Å². The standard InChI is InChI=1S/C19H27N3O.HI/c1-20-17(22-11-9-18(14-22)10-12-23-15-18)21-13-19(7-8-19)16-5-3-2-4-6-16;/h2-6H,7-15H2,1H3,(H,20,21);1H. The molecule has 2 aliphatic heterocycles. The quantitative estimate of drug-likeness (QED) is 0.445. The largest absolute Gasteiger partial charge is 0.381 e. The van der Waals surface area contributed by atoms with Gasteiger partial charge in [0.1, 0.15) is 0 Å². The Bertz CT molecular complexity index is 580. The van der Waals surface area contributed by atoms with Crippen molar-refractivity contribution in [1.29, 1.82) is 0 Å². The summed E-state index contributed by atoms with van der Waals surface area (Å²) in [6.07, 6.45) is 4.99. The molecule has 0 amide bonds. The van der Waals surface area contributed by atoms with Gasteiger partial charge >= 0.3 is 0 Å². The third-order valence-electron chi connectivity index (χ3n) is 5.96. The van der Waals surface area contributed by atoms with E-state index in [2.05, 4.69) is 45.5 Å². The molecule has 2 saturated heterocycles. The maximum absolute atomic E-state index is 5.64. The molecule has 1 atom stereocenters. The van der Waals surface area contributed by atoms with Gasteiger partial charge in [0.2, 0.25) is 0 Å². The van der Waals surface area contributed by atoms with Gasteiger partial charge in [-0.1, -0.05) is 30.3 Å². The average molecular weight is 441 g/mol. The van der Waals surface area contributed by atoms with Crippen molar-refractivity contribution >= 4 is 29.9 Å². The molecule has 1 aromatic rings. The van der Waals surface area contributed by atoms with E-state index in [0.29, 0.717) is 10.8 Å². The normalized spacial score (nSPS) is 28.0. The molecule has 1 saturated carbocycles.